The molecule has 2 amide bonds. The third-order valence-electron chi connectivity index (χ3n) is 4.38. The molecule has 0 aliphatic heterocycles. The van der Waals surface area contributed by atoms with Gasteiger partial charge in [-0.05, 0) is 37.1 Å². The Bertz CT molecular complexity index is 1000. The van der Waals surface area contributed by atoms with E-state index in [1.807, 2.05) is 36.4 Å². The minimum atomic E-state index is -0.356. The maximum Gasteiger partial charge on any atom is 0.319 e. The average molecular weight is 416 g/mol. The van der Waals surface area contributed by atoms with Gasteiger partial charge < -0.3 is 24.6 Å². The van der Waals surface area contributed by atoms with Gasteiger partial charge >= 0.3 is 6.03 Å². The van der Waals surface area contributed by atoms with Crippen LogP contribution in [0, 0.1) is 6.92 Å². The number of aryl methyl sites for hydroxylation is 1. The average Bonchev–Trinajstić information content (AvgIpc) is 3.08. The molecule has 2 aromatic carbocycles. The first kappa shape index (κ1) is 20.5. The Morgan fingerprint density at radius 3 is 2.62 bits per heavy atom. The third-order valence-corrected chi connectivity index (χ3v) is 4.71. The van der Waals surface area contributed by atoms with Gasteiger partial charge in [0.05, 0.1) is 19.2 Å². The maximum absolute atomic E-state index is 12.4. The molecule has 1 heterocycles. The van der Waals surface area contributed by atoms with Crippen LogP contribution in [0.15, 0.2) is 47.0 Å². The number of rotatable bonds is 7. The van der Waals surface area contributed by atoms with Gasteiger partial charge in [0.2, 0.25) is 0 Å². The minimum Gasteiger partial charge on any atom is -0.493 e. The van der Waals surface area contributed by atoms with Crippen molar-refractivity contribution in [2.75, 3.05) is 26.1 Å². The first-order chi connectivity index (χ1) is 14.0. The van der Waals surface area contributed by atoms with Gasteiger partial charge in [0, 0.05) is 12.1 Å². The predicted octanol–water partition coefficient (Wildman–Crippen LogP) is 4.68. The lowest BCUT2D eigenvalue weighted by Crippen LogP contribution is -2.30. The normalized spacial score (nSPS) is 10.5. The highest BCUT2D eigenvalue weighted by molar-refractivity contribution is 6.33. The number of ether oxygens (including phenoxy) is 2. The first-order valence-corrected chi connectivity index (χ1v) is 9.38. The fourth-order valence-electron chi connectivity index (χ4n) is 2.87. The van der Waals surface area contributed by atoms with E-state index in [9.17, 15) is 4.79 Å². The van der Waals surface area contributed by atoms with Crippen molar-refractivity contribution in [3.8, 4) is 22.8 Å². The van der Waals surface area contributed by atoms with Crippen LogP contribution >= 0.6 is 11.6 Å². The van der Waals surface area contributed by atoms with Crippen LogP contribution in [0.2, 0.25) is 5.02 Å². The number of anilines is 1. The number of urea groups is 1. The number of carbonyl (C=O) groups is 1. The SMILES string of the molecule is COc1ccc(CCNC(=O)Nc2c(-c3ccccc3Cl)noc2C)cc1OC. The third kappa shape index (κ3) is 4.81. The van der Waals surface area contributed by atoms with Crippen molar-refractivity contribution in [1.82, 2.24) is 10.5 Å². The van der Waals surface area contributed by atoms with E-state index in [0.29, 0.717) is 52.2 Å². The molecule has 0 saturated carbocycles. The molecule has 29 heavy (non-hydrogen) atoms. The van der Waals surface area contributed by atoms with Crippen LogP contribution < -0.4 is 20.1 Å². The number of methoxy groups -OCH3 is 2. The van der Waals surface area contributed by atoms with Crippen molar-refractivity contribution < 1.29 is 18.8 Å². The van der Waals surface area contributed by atoms with E-state index in [2.05, 4.69) is 15.8 Å². The van der Waals surface area contributed by atoms with Crippen LogP contribution in [-0.4, -0.2) is 32.0 Å². The summed E-state index contributed by atoms with van der Waals surface area (Å²) in [5, 5.41) is 10.2. The van der Waals surface area contributed by atoms with E-state index in [0.717, 1.165) is 5.56 Å². The molecule has 1 aromatic heterocycles. The lowest BCUT2D eigenvalue weighted by molar-refractivity contribution is 0.252. The minimum absolute atomic E-state index is 0.356. The van der Waals surface area contributed by atoms with Gasteiger partial charge in [0.15, 0.2) is 17.3 Å². The summed E-state index contributed by atoms with van der Waals surface area (Å²) in [4.78, 5) is 12.4. The van der Waals surface area contributed by atoms with Gasteiger partial charge in [-0.15, -0.1) is 0 Å². The van der Waals surface area contributed by atoms with Crippen LogP contribution in [0.4, 0.5) is 10.5 Å². The van der Waals surface area contributed by atoms with Crippen molar-refractivity contribution in [3.63, 3.8) is 0 Å². The molecule has 152 valence electrons. The lowest BCUT2D eigenvalue weighted by atomic mass is 10.1. The van der Waals surface area contributed by atoms with E-state index in [1.54, 1.807) is 27.2 Å². The summed E-state index contributed by atoms with van der Waals surface area (Å²) in [5.41, 5.74) is 2.68. The van der Waals surface area contributed by atoms with Crippen molar-refractivity contribution in [3.05, 3.63) is 58.8 Å². The highest BCUT2D eigenvalue weighted by Gasteiger charge is 2.18. The number of carbonyl (C=O) groups excluding carboxylic acids is 1. The Balaban J connectivity index is 1.62. The second-order valence-electron chi connectivity index (χ2n) is 6.26. The Kier molecular flexibility index (Phi) is 6.61. The molecule has 0 aliphatic rings. The van der Waals surface area contributed by atoms with E-state index in [-0.39, 0.29) is 6.03 Å². The van der Waals surface area contributed by atoms with Crippen molar-refractivity contribution in [1.29, 1.82) is 0 Å². The summed E-state index contributed by atoms with van der Waals surface area (Å²) in [6, 6.07) is 12.5. The topological polar surface area (TPSA) is 85.6 Å². The molecular formula is C21H22ClN3O4. The van der Waals surface area contributed by atoms with Crippen LogP contribution in [-0.2, 0) is 6.42 Å². The molecule has 2 N–H and O–H groups in total. The Labute approximate surface area is 173 Å². The Morgan fingerprint density at radius 1 is 1.14 bits per heavy atom. The monoisotopic (exact) mass is 415 g/mol. The van der Waals surface area contributed by atoms with E-state index >= 15 is 0 Å². The van der Waals surface area contributed by atoms with Crippen molar-refractivity contribution >= 4 is 23.3 Å². The van der Waals surface area contributed by atoms with Gasteiger partial charge in [0.25, 0.3) is 0 Å². The highest BCUT2D eigenvalue weighted by Crippen LogP contribution is 2.34. The Hall–Kier alpha value is -3.19. The number of benzene rings is 2. The summed E-state index contributed by atoms with van der Waals surface area (Å²) < 4.78 is 15.8. The van der Waals surface area contributed by atoms with E-state index in [4.69, 9.17) is 25.6 Å². The summed E-state index contributed by atoms with van der Waals surface area (Å²) >= 11 is 6.25. The second-order valence-corrected chi connectivity index (χ2v) is 6.67. The number of hydrogen-bond donors (Lipinski definition) is 2. The Morgan fingerprint density at radius 2 is 1.90 bits per heavy atom. The number of hydrogen-bond acceptors (Lipinski definition) is 5. The van der Waals surface area contributed by atoms with Gasteiger partial charge in [-0.2, -0.15) is 0 Å². The molecule has 0 radical (unpaired) electrons. The molecular weight excluding hydrogens is 394 g/mol. The van der Waals surface area contributed by atoms with Gasteiger partial charge in [-0.3, -0.25) is 0 Å². The molecule has 3 aromatic rings. The zero-order valence-electron chi connectivity index (χ0n) is 16.4. The molecule has 0 bridgehead atoms. The smallest absolute Gasteiger partial charge is 0.319 e. The fourth-order valence-corrected chi connectivity index (χ4v) is 3.10. The van der Waals surface area contributed by atoms with Gasteiger partial charge in [0.1, 0.15) is 11.4 Å². The van der Waals surface area contributed by atoms with Gasteiger partial charge in [-0.1, -0.05) is 41.0 Å². The lowest BCUT2D eigenvalue weighted by Gasteiger charge is -2.11. The van der Waals surface area contributed by atoms with Crippen LogP contribution in [0.3, 0.4) is 0 Å². The van der Waals surface area contributed by atoms with Crippen LogP contribution in [0.25, 0.3) is 11.3 Å². The molecule has 3 rings (SSSR count). The predicted molar refractivity (Wildman–Crippen MR) is 112 cm³/mol. The summed E-state index contributed by atoms with van der Waals surface area (Å²) in [5.74, 6) is 1.81. The molecule has 0 unspecified atom stereocenters. The van der Waals surface area contributed by atoms with Crippen molar-refractivity contribution in [2.24, 2.45) is 0 Å². The van der Waals surface area contributed by atoms with E-state index in [1.165, 1.54) is 0 Å². The number of amides is 2. The summed E-state index contributed by atoms with van der Waals surface area (Å²) in [6.45, 7) is 2.17. The molecule has 0 atom stereocenters. The molecule has 8 heteroatoms. The zero-order valence-corrected chi connectivity index (χ0v) is 17.2. The molecule has 7 nitrogen and oxygen atoms in total. The van der Waals surface area contributed by atoms with E-state index < -0.39 is 0 Å². The highest BCUT2D eigenvalue weighted by atomic mass is 35.5. The summed E-state index contributed by atoms with van der Waals surface area (Å²) in [7, 11) is 3.18. The summed E-state index contributed by atoms with van der Waals surface area (Å²) in [6.07, 6.45) is 0.633. The number of nitrogens with zero attached hydrogens (tertiary/aromatic N) is 1. The van der Waals surface area contributed by atoms with Crippen molar-refractivity contribution in [2.45, 2.75) is 13.3 Å². The quantitative estimate of drug-likeness (QED) is 0.585. The first-order valence-electron chi connectivity index (χ1n) is 9.00. The number of nitrogens with one attached hydrogen (secondary N) is 2. The van der Waals surface area contributed by atoms with Crippen LogP contribution in [0.5, 0.6) is 11.5 Å². The van der Waals surface area contributed by atoms with Crippen LogP contribution in [0.1, 0.15) is 11.3 Å². The molecule has 0 fully saturated rings. The largest absolute Gasteiger partial charge is 0.493 e. The molecule has 0 spiro atoms. The molecule has 0 saturated heterocycles. The maximum atomic E-state index is 12.4. The fraction of sp³-hybridized carbons (Fsp3) is 0.238. The zero-order chi connectivity index (χ0) is 20.8. The number of aromatic nitrogens is 1. The number of halogens is 1. The standard InChI is InChI=1S/C21H22ClN3O4/c1-13-19(20(25-29-13)15-6-4-5-7-16(15)22)24-21(26)23-11-10-14-8-9-17(27-2)18(12-14)28-3/h4-9,12H,10-11H2,1-3H3,(H2,23,24,26). The van der Waals surface area contributed by atoms with Gasteiger partial charge in [-0.25, -0.2) is 4.79 Å². The second kappa shape index (κ2) is 9.34. The molecule has 0 aliphatic carbocycles.